The summed E-state index contributed by atoms with van der Waals surface area (Å²) in [4.78, 5) is 49.9. The molecule has 3 amide bonds. The number of nitrogens with one attached hydrogen (secondary N) is 1. The van der Waals surface area contributed by atoms with E-state index in [1.165, 1.54) is 11.3 Å². The van der Waals surface area contributed by atoms with Crippen molar-refractivity contribution in [2.75, 3.05) is 49.6 Å². The van der Waals surface area contributed by atoms with E-state index in [1.54, 1.807) is 16.5 Å². The van der Waals surface area contributed by atoms with Crippen LogP contribution in [0.25, 0.3) is 11.1 Å². The van der Waals surface area contributed by atoms with Gasteiger partial charge >= 0.3 is 0 Å². The number of anilines is 2. The Balaban J connectivity index is 1.12. The molecule has 6 rings (SSSR count). The number of hydrogen-bond donors (Lipinski definition) is 1. The second-order valence-electron chi connectivity index (χ2n) is 11.2. The summed E-state index contributed by atoms with van der Waals surface area (Å²) in [6.07, 6.45) is 3.03. The number of piperazine rings is 1. The second kappa shape index (κ2) is 14.0. The summed E-state index contributed by atoms with van der Waals surface area (Å²) in [5, 5.41) is 5.18. The van der Waals surface area contributed by atoms with Gasteiger partial charge < -0.3 is 19.4 Å². The van der Waals surface area contributed by atoms with E-state index in [0.717, 1.165) is 47.5 Å². The normalized spacial score (nSPS) is 15.2. The average molecular weight is 624 g/mol. The first-order valence-corrected chi connectivity index (χ1v) is 16.3. The van der Waals surface area contributed by atoms with Crippen molar-refractivity contribution in [3.63, 3.8) is 0 Å². The Morgan fingerprint density at radius 1 is 0.956 bits per heavy atom. The third-order valence-corrected chi connectivity index (χ3v) is 8.98. The summed E-state index contributed by atoms with van der Waals surface area (Å²) in [5.41, 5.74) is 5.31. The molecule has 3 aromatic carbocycles. The molecule has 9 nitrogen and oxygen atoms in total. The van der Waals surface area contributed by atoms with Crippen molar-refractivity contribution in [2.24, 2.45) is 0 Å². The Hall–Kier alpha value is -4.54. The fourth-order valence-corrected chi connectivity index (χ4v) is 6.45. The van der Waals surface area contributed by atoms with Gasteiger partial charge in [0, 0.05) is 62.2 Å². The van der Waals surface area contributed by atoms with Crippen LogP contribution in [0, 0.1) is 0 Å². The second-order valence-corrected chi connectivity index (χ2v) is 12.1. The fraction of sp³-hybridized carbons (Fsp3) is 0.314. The summed E-state index contributed by atoms with van der Waals surface area (Å²) < 4.78 is 5.48. The zero-order chi connectivity index (χ0) is 31.2. The minimum atomic E-state index is -0.789. The molecular formula is C35H37N5O4S. The van der Waals surface area contributed by atoms with Gasteiger partial charge in [-0.15, -0.1) is 11.3 Å². The van der Waals surface area contributed by atoms with Crippen LogP contribution in [0.2, 0.25) is 0 Å². The van der Waals surface area contributed by atoms with Crippen molar-refractivity contribution < 1.29 is 19.1 Å². The molecule has 10 heteroatoms. The SMILES string of the molecule is CCCOCCC(=O)N1CCN(c2ccc(-c3ccc4c(c3)C(=O)N(C(C(=O)Nc3nccs3)c3ccccc3)C4)cc2)CC1. The standard InChI is InChI=1S/C35H37N5O4S/c1-2-20-44-21-14-31(41)39-18-16-38(17-19-39)29-12-10-25(11-13-29)27-8-9-28-24-40(34(43)30(28)23-27)32(26-6-4-3-5-7-26)33(42)37-35-36-15-22-45-35/h3-13,15,22-23,32H,2,14,16-21,24H2,1H3,(H,36,37,42). The molecule has 1 atom stereocenters. The quantitative estimate of drug-likeness (QED) is 0.218. The van der Waals surface area contributed by atoms with Crippen LogP contribution in [-0.4, -0.2) is 71.9 Å². The molecule has 3 heterocycles. The van der Waals surface area contributed by atoms with E-state index in [1.807, 2.05) is 53.4 Å². The van der Waals surface area contributed by atoms with E-state index in [4.69, 9.17) is 4.74 Å². The molecular weight excluding hydrogens is 586 g/mol. The maximum Gasteiger partial charge on any atom is 0.255 e. The van der Waals surface area contributed by atoms with E-state index >= 15 is 0 Å². The number of carbonyl (C=O) groups excluding carboxylic acids is 3. The van der Waals surface area contributed by atoms with Crippen LogP contribution in [0.15, 0.2) is 84.4 Å². The highest BCUT2D eigenvalue weighted by Gasteiger charge is 2.38. The summed E-state index contributed by atoms with van der Waals surface area (Å²) in [7, 11) is 0. The molecule has 1 unspecified atom stereocenters. The van der Waals surface area contributed by atoms with Crippen molar-refractivity contribution in [3.8, 4) is 11.1 Å². The van der Waals surface area contributed by atoms with Crippen LogP contribution in [0.4, 0.5) is 10.8 Å². The maximum atomic E-state index is 13.8. The first kappa shape index (κ1) is 30.5. The number of ether oxygens (including phenoxy) is 1. The van der Waals surface area contributed by atoms with Crippen LogP contribution in [-0.2, 0) is 20.9 Å². The van der Waals surface area contributed by atoms with E-state index in [-0.39, 0.29) is 17.7 Å². The lowest BCUT2D eigenvalue weighted by molar-refractivity contribution is -0.132. The molecule has 0 aliphatic carbocycles. The lowest BCUT2D eigenvalue weighted by atomic mass is 10.00. The number of benzene rings is 3. The van der Waals surface area contributed by atoms with E-state index in [2.05, 4.69) is 46.4 Å². The minimum Gasteiger partial charge on any atom is -0.381 e. The van der Waals surface area contributed by atoms with Crippen LogP contribution < -0.4 is 10.2 Å². The molecule has 4 aromatic rings. The molecule has 1 fully saturated rings. The van der Waals surface area contributed by atoms with Gasteiger partial charge in [0.1, 0.15) is 6.04 Å². The van der Waals surface area contributed by atoms with Gasteiger partial charge in [-0.2, -0.15) is 0 Å². The minimum absolute atomic E-state index is 0.154. The van der Waals surface area contributed by atoms with Crippen molar-refractivity contribution in [1.82, 2.24) is 14.8 Å². The Labute approximate surface area is 267 Å². The van der Waals surface area contributed by atoms with Gasteiger partial charge in [0.2, 0.25) is 5.91 Å². The van der Waals surface area contributed by atoms with Crippen molar-refractivity contribution >= 4 is 39.9 Å². The zero-order valence-electron chi connectivity index (χ0n) is 25.4. The molecule has 0 radical (unpaired) electrons. The molecule has 45 heavy (non-hydrogen) atoms. The molecule has 2 aliphatic heterocycles. The van der Waals surface area contributed by atoms with Gasteiger partial charge in [-0.05, 0) is 46.9 Å². The number of hydrogen-bond acceptors (Lipinski definition) is 7. The Kier molecular flexibility index (Phi) is 9.52. The van der Waals surface area contributed by atoms with Gasteiger partial charge in [-0.25, -0.2) is 4.98 Å². The molecule has 1 aromatic heterocycles. The monoisotopic (exact) mass is 623 g/mol. The number of aromatic nitrogens is 1. The summed E-state index contributed by atoms with van der Waals surface area (Å²) >= 11 is 1.34. The highest BCUT2D eigenvalue weighted by molar-refractivity contribution is 7.13. The molecule has 232 valence electrons. The first-order chi connectivity index (χ1) is 22.0. The lowest BCUT2D eigenvalue weighted by Gasteiger charge is -2.36. The molecule has 1 N–H and O–H groups in total. The van der Waals surface area contributed by atoms with Gasteiger partial charge in [-0.3, -0.25) is 19.7 Å². The van der Waals surface area contributed by atoms with Crippen molar-refractivity contribution in [2.45, 2.75) is 32.4 Å². The third-order valence-electron chi connectivity index (χ3n) is 8.29. The predicted octanol–water partition coefficient (Wildman–Crippen LogP) is 5.61. The first-order valence-electron chi connectivity index (χ1n) is 15.4. The highest BCUT2D eigenvalue weighted by Crippen LogP contribution is 2.35. The van der Waals surface area contributed by atoms with E-state index in [9.17, 15) is 14.4 Å². The number of fused-ring (bicyclic) bond motifs is 1. The summed E-state index contributed by atoms with van der Waals surface area (Å²) in [6, 6.07) is 22.9. The lowest BCUT2D eigenvalue weighted by Crippen LogP contribution is -2.49. The fourth-order valence-electron chi connectivity index (χ4n) is 5.92. The number of amides is 3. The highest BCUT2D eigenvalue weighted by atomic mass is 32.1. The number of rotatable bonds is 11. The Bertz CT molecular complexity index is 1620. The topological polar surface area (TPSA) is 95.1 Å². The predicted molar refractivity (Wildman–Crippen MR) is 176 cm³/mol. The smallest absolute Gasteiger partial charge is 0.255 e. The molecule has 0 bridgehead atoms. The van der Waals surface area contributed by atoms with Crippen LogP contribution >= 0.6 is 11.3 Å². The zero-order valence-corrected chi connectivity index (χ0v) is 26.2. The molecule has 0 saturated carbocycles. The number of thiazole rings is 1. The van der Waals surface area contributed by atoms with Crippen LogP contribution in [0.1, 0.15) is 47.3 Å². The van der Waals surface area contributed by atoms with E-state index < -0.39 is 6.04 Å². The van der Waals surface area contributed by atoms with E-state index in [0.29, 0.717) is 50.0 Å². The maximum absolute atomic E-state index is 13.8. The average Bonchev–Trinajstić information content (AvgIpc) is 3.71. The number of nitrogens with zero attached hydrogens (tertiary/aromatic N) is 4. The van der Waals surface area contributed by atoms with Gasteiger partial charge in [0.05, 0.1) is 13.0 Å². The van der Waals surface area contributed by atoms with Crippen LogP contribution in [0.5, 0.6) is 0 Å². The van der Waals surface area contributed by atoms with Gasteiger partial charge in [-0.1, -0.05) is 61.5 Å². The Morgan fingerprint density at radius 3 is 2.42 bits per heavy atom. The number of carbonyl (C=O) groups is 3. The largest absolute Gasteiger partial charge is 0.381 e. The van der Waals surface area contributed by atoms with Crippen LogP contribution in [0.3, 0.4) is 0 Å². The van der Waals surface area contributed by atoms with Gasteiger partial charge in [0.25, 0.3) is 11.8 Å². The van der Waals surface area contributed by atoms with Crippen molar-refractivity contribution in [3.05, 3.63) is 101 Å². The molecule has 0 spiro atoms. The third kappa shape index (κ3) is 6.92. The molecule has 1 saturated heterocycles. The van der Waals surface area contributed by atoms with Gasteiger partial charge in [0.15, 0.2) is 5.13 Å². The summed E-state index contributed by atoms with van der Waals surface area (Å²) in [6.45, 7) is 6.54. The molecule has 2 aliphatic rings. The summed E-state index contributed by atoms with van der Waals surface area (Å²) in [5.74, 6) is -0.309. The Morgan fingerprint density at radius 2 is 1.71 bits per heavy atom. The van der Waals surface area contributed by atoms with Crippen molar-refractivity contribution in [1.29, 1.82) is 0 Å².